The molecule has 0 radical (unpaired) electrons. The molecule has 0 unspecified atom stereocenters. The predicted molar refractivity (Wildman–Crippen MR) is 111 cm³/mol. The van der Waals surface area contributed by atoms with Crippen LogP contribution in [-0.4, -0.2) is 44.0 Å². The zero-order valence-corrected chi connectivity index (χ0v) is 17.5. The van der Waals surface area contributed by atoms with Gasteiger partial charge in [-0.25, -0.2) is 9.78 Å². The van der Waals surface area contributed by atoms with Crippen molar-refractivity contribution in [2.75, 3.05) is 23.3 Å². The van der Waals surface area contributed by atoms with Crippen LogP contribution in [0, 0.1) is 13.8 Å². The number of rotatable bonds is 4. The maximum Gasteiger partial charge on any atom is 0.261 e. The number of anilines is 2. The summed E-state index contributed by atoms with van der Waals surface area (Å²) >= 11 is 3.43. The van der Waals surface area contributed by atoms with Crippen molar-refractivity contribution in [3.05, 3.63) is 45.7 Å². The number of piperidine rings is 1. The van der Waals surface area contributed by atoms with E-state index < -0.39 is 0 Å². The first kappa shape index (κ1) is 18.7. The molecule has 1 aliphatic rings. The van der Waals surface area contributed by atoms with Crippen molar-refractivity contribution in [3.63, 3.8) is 0 Å². The third-order valence-electron chi connectivity index (χ3n) is 4.93. The SMILES string of the molecule is Cc1nn(-c2ccc(Br)cc2)c(C)c1C(=O)Nc1nc(N2CCCCC2)n[nH]1. The second kappa shape index (κ2) is 7.75. The number of H-pyrrole nitrogens is 1. The Morgan fingerprint density at radius 3 is 2.57 bits per heavy atom. The first-order valence-electron chi connectivity index (χ1n) is 9.34. The summed E-state index contributed by atoms with van der Waals surface area (Å²) in [5.74, 6) is 0.731. The van der Waals surface area contributed by atoms with Gasteiger partial charge in [-0.15, -0.1) is 5.10 Å². The fraction of sp³-hybridized carbons (Fsp3) is 0.368. The Bertz CT molecular complexity index is 986. The average Bonchev–Trinajstić information content (AvgIpc) is 3.27. The molecule has 3 heterocycles. The van der Waals surface area contributed by atoms with Crippen LogP contribution in [0.15, 0.2) is 28.7 Å². The second-order valence-corrected chi connectivity index (χ2v) is 7.84. The molecule has 1 aliphatic heterocycles. The summed E-state index contributed by atoms with van der Waals surface area (Å²) in [6.45, 7) is 5.61. The number of carbonyl (C=O) groups is 1. The summed E-state index contributed by atoms with van der Waals surface area (Å²) in [7, 11) is 0. The molecule has 1 fully saturated rings. The zero-order valence-electron chi connectivity index (χ0n) is 15.9. The number of aromatic amines is 1. The summed E-state index contributed by atoms with van der Waals surface area (Å²) < 4.78 is 2.77. The van der Waals surface area contributed by atoms with Crippen LogP contribution in [-0.2, 0) is 0 Å². The first-order chi connectivity index (χ1) is 13.5. The molecule has 0 spiro atoms. The Morgan fingerprint density at radius 1 is 1.14 bits per heavy atom. The number of carbonyl (C=O) groups excluding carboxylic acids is 1. The van der Waals surface area contributed by atoms with Crippen LogP contribution in [0.2, 0.25) is 0 Å². The van der Waals surface area contributed by atoms with Crippen LogP contribution >= 0.6 is 15.9 Å². The molecule has 1 aromatic carbocycles. The van der Waals surface area contributed by atoms with Crippen molar-refractivity contribution in [1.29, 1.82) is 0 Å². The van der Waals surface area contributed by atoms with Crippen LogP contribution in [0.4, 0.5) is 11.9 Å². The van der Waals surface area contributed by atoms with E-state index >= 15 is 0 Å². The Hall–Kier alpha value is -2.68. The lowest BCUT2D eigenvalue weighted by molar-refractivity contribution is 0.102. The van der Waals surface area contributed by atoms with Gasteiger partial charge in [0.05, 0.1) is 22.6 Å². The number of nitrogens with one attached hydrogen (secondary N) is 2. The Labute approximate surface area is 171 Å². The molecule has 28 heavy (non-hydrogen) atoms. The molecule has 0 aliphatic carbocycles. The van der Waals surface area contributed by atoms with Crippen molar-refractivity contribution < 1.29 is 4.79 Å². The summed E-state index contributed by atoms with van der Waals surface area (Å²) in [5, 5.41) is 14.4. The minimum absolute atomic E-state index is 0.250. The van der Waals surface area contributed by atoms with Crippen molar-refractivity contribution in [3.8, 4) is 5.69 Å². The van der Waals surface area contributed by atoms with Gasteiger partial charge < -0.3 is 4.90 Å². The summed E-state index contributed by atoms with van der Waals surface area (Å²) in [4.78, 5) is 19.4. The number of hydrogen-bond donors (Lipinski definition) is 2. The van der Waals surface area contributed by atoms with E-state index in [-0.39, 0.29) is 5.91 Å². The molecule has 0 atom stereocenters. The van der Waals surface area contributed by atoms with Gasteiger partial charge >= 0.3 is 0 Å². The average molecular weight is 444 g/mol. The number of nitrogens with zero attached hydrogens (tertiary/aromatic N) is 5. The van der Waals surface area contributed by atoms with Crippen LogP contribution in [0.25, 0.3) is 5.69 Å². The van der Waals surface area contributed by atoms with E-state index in [9.17, 15) is 4.79 Å². The highest BCUT2D eigenvalue weighted by molar-refractivity contribution is 9.10. The Kier molecular flexibility index (Phi) is 5.17. The largest absolute Gasteiger partial charge is 0.340 e. The van der Waals surface area contributed by atoms with Crippen LogP contribution in [0.5, 0.6) is 0 Å². The van der Waals surface area contributed by atoms with E-state index in [1.807, 2.05) is 38.1 Å². The lowest BCUT2D eigenvalue weighted by atomic mass is 10.1. The van der Waals surface area contributed by atoms with Crippen molar-refractivity contribution in [1.82, 2.24) is 25.0 Å². The van der Waals surface area contributed by atoms with Crippen LogP contribution in [0.3, 0.4) is 0 Å². The third-order valence-corrected chi connectivity index (χ3v) is 5.46. The second-order valence-electron chi connectivity index (χ2n) is 6.92. The van der Waals surface area contributed by atoms with E-state index in [0.717, 1.165) is 41.8 Å². The molecule has 0 bridgehead atoms. The first-order valence-corrected chi connectivity index (χ1v) is 10.1. The predicted octanol–water partition coefficient (Wildman–Crippen LogP) is 3.61. The van der Waals surface area contributed by atoms with E-state index in [0.29, 0.717) is 23.2 Å². The smallest absolute Gasteiger partial charge is 0.261 e. The highest BCUT2D eigenvalue weighted by Gasteiger charge is 2.21. The van der Waals surface area contributed by atoms with E-state index in [4.69, 9.17) is 0 Å². The molecule has 8 nitrogen and oxygen atoms in total. The van der Waals surface area contributed by atoms with Gasteiger partial charge in [0.2, 0.25) is 11.9 Å². The van der Waals surface area contributed by atoms with Crippen LogP contribution < -0.4 is 10.2 Å². The standard InChI is InChI=1S/C19H22BrN7O/c1-12-16(13(2)27(25-12)15-8-6-14(20)7-9-15)17(28)21-18-22-19(24-23-18)26-10-4-3-5-11-26/h6-9H,3-5,10-11H2,1-2H3,(H2,21,22,23,24,28). The highest BCUT2D eigenvalue weighted by Crippen LogP contribution is 2.21. The van der Waals surface area contributed by atoms with Crippen molar-refractivity contribution in [2.45, 2.75) is 33.1 Å². The molecule has 4 rings (SSSR count). The Balaban J connectivity index is 1.54. The molecule has 1 saturated heterocycles. The topological polar surface area (TPSA) is 91.7 Å². The minimum Gasteiger partial charge on any atom is -0.340 e. The number of hydrogen-bond acceptors (Lipinski definition) is 5. The fourth-order valence-corrected chi connectivity index (χ4v) is 3.78. The Morgan fingerprint density at radius 2 is 1.86 bits per heavy atom. The molecule has 1 amide bonds. The normalized spacial score (nSPS) is 14.3. The van der Waals surface area contributed by atoms with Gasteiger partial charge in [-0.3, -0.25) is 10.1 Å². The van der Waals surface area contributed by atoms with Crippen molar-refractivity contribution in [2.24, 2.45) is 0 Å². The maximum absolute atomic E-state index is 12.9. The van der Waals surface area contributed by atoms with E-state index in [1.54, 1.807) is 4.68 Å². The van der Waals surface area contributed by atoms with E-state index in [2.05, 4.69) is 46.4 Å². The van der Waals surface area contributed by atoms with Gasteiger partial charge in [0, 0.05) is 17.6 Å². The lowest BCUT2D eigenvalue weighted by Gasteiger charge is -2.24. The molecule has 2 N–H and O–H groups in total. The van der Waals surface area contributed by atoms with Crippen molar-refractivity contribution >= 4 is 33.7 Å². The van der Waals surface area contributed by atoms with Gasteiger partial charge in [-0.1, -0.05) is 15.9 Å². The lowest BCUT2D eigenvalue weighted by Crippen LogP contribution is -2.30. The van der Waals surface area contributed by atoms with Gasteiger partial charge in [-0.2, -0.15) is 10.1 Å². The van der Waals surface area contributed by atoms with Crippen LogP contribution in [0.1, 0.15) is 41.0 Å². The molecule has 9 heteroatoms. The highest BCUT2D eigenvalue weighted by atomic mass is 79.9. The summed E-state index contributed by atoms with van der Waals surface area (Å²) in [5.41, 5.74) is 2.87. The van der Waals surface area contributed by atoms with Gasteiger partial charge in [0.25, 0.3) is 5.91 Å². The molecular formula is C19H22BrN7O. The monoisotopic (exact) mass is 443 g/mol. The van der Waals surface area contributed by atoms with Gasteiger partial charge in [-0.05, 0) is 57.4 Å². The number of benzene rings is 1. The van der Waals surface area contributed by atoms with E-state index in [1.165, 1.54) is 6.42 Å². The summed E-state index contributed by atoms with van der Waals surface area (Å²) in [6.07, 6.45) is 3.53. The summed E-state index contributed by atoms with van der Waals surface area (Å²) in [6, 6.07) is 7.80. The third kappa shape index (κ3) is 3.66. The fourth-order valence-electron chi connectivity index (χ4n) is 3.52. The minimum atomic E-state index is -0.250. The van der Waals surface area contributed by atoms with Gasteiger partial charge in [0.1, 0.15) is 0 Å². The number of aryl methyl sites for hydroxylation is 1. The molecule has 0 saturated carbocycles. The van der Waals surface area contributed by atoms with Gasteiger partial charge in [0.15, 0.2) is 0 Å². The molecule has 146 valence electrons. The zero-order chi connectivity index (χ0) is 19.7. The number of halogens is 1. The number of amides is 1. The quantitative estimate of drug-likeness (QED) is 0.642. The molecular weight excluding hydrogens is 422 g/mol. The maximum atomic E-state index is 12.9. The number of aromatic nitrogens is 5. The molecule has 2 aromatic heterocycles. The molecule has 3 aromatic rings.